The topological polar surface area (TPSA) is 30.4 Å². The Kier molecular flexibility index (Phi) is 5.57. The van der Waals surface area contributed by atoms with Gasteiger partial charge in [0, 0.05) is 16.3 Å². The largest absolute Gasteiger partial charge is 0.455 e. The molecule has 2 aliphatic heterocycles. The molecule has 0 spiro atoms. The van der Waals surface area contributed by atoms with Crippen LogP contribution in [0.5, 0.6) is 0 Å². The van der Waals surface area contributed by atoms with E-state index in [-0.39, 0.29) is 0 Å². The zero-order chi connectivity index (χ0) is 29.9. The summed E-state index contributed by atoms with van der Waals surface area (Å²) in [5.74, 6) is 0.830. The van der Waals surface area contributed by atoms with Crippen LogP contribution >= 0.6 is 0 Å². The molecule has 2 aliphatic rings. The Morgan fingerprint density at radius 1 is 0.444 bits per heavy atom. The van der Waals surface area contributed by atoms with E-state index >= 15 is 0 Å². The second-order valence-electron chi connectivity index (χ2n) is 11.4. The van der Waals surface area contributed by atoms with E-state index in [0.717, 1.165) is 55.6 Å². The third kappa shape index (κ3) is 3.87. The maximum Gasteiger partial charge on any atom is 0.187 e. The first-order valence-electron chi connectivity index (χ1n) is 15.0. The number of fused-ring (bicyclic) bond motifs is 7. The van der Waals surface area contributed by atoms with Gasteiger partial charge in [0.15, 0.2) is 5.69 Å². The highest BCUT2D eigenvalue weighted by atomic mass is 16.3. The number of hydrogen-bond acceptors (Lipinski definition) is 2. The summed E-state index contributed by atoms with van der Waals surface area (Å²) in [6.45, 7) is 7.39. The Balaban J connectivity index is 1.27. The van der Waals surface area contributed by atoms with Crippen LogP contribution in [0.2, 0.25) is 0 Å². The summed E-state index contributed by atoms with van der Waals surface area (Å²) in [4.78, 5) is 8.63. The van der Waals surface area contributed by atoms with Gasteiger partial charge in [-0.05, 0) is 62.0 Å². The zero-order valence-electron chi connectivity index (χ0n) is 24.2. The minimum atomic E-state index is 0.644. The molecule has 3 heteroatoms. The number of para-hydroxylation sites is 2. The van der Waals surface area contributed by atoms with Gasteiger partial charge in [0.1, 0.15) is 11.3 Å². The van der Waals surface area contributed by atoms with Gasteiger partial charge in [-0.15, -0.1) is 0 Å². The minimum absolute atomic E-state index is 0.644. The molecule has 45 heavy (non-hydrogen) atoms. The van der Waals surface area contributed by atoms with E-state index in [4.69, 9.17) is 16.0 Å². The second-order valence-corrected chi connectivity index (χ2v) is 11.4. The highest BCUT2D eigenvalue weighted by Gasteiger charge is 2.23. The summed E-state index contributed by atoms with van der Waals surface area (Å²) in [7, 11) is 0. The van der Waals surface area contributed by atoms with Gasteiger partial charge in [0.2, 0.25) is 0 Å². The fourth-order valence-corrected chi connectivity index (χ4v) is 6.87. The SMILES string of the molecule is [C-]#[N+]c1ccc(-c2c3ccccc3c(-c3ccc(-c4oc5ccccc5c5nc6ccccc6c4-5)cc3)c3ccccc23)cc1. The van der Waals surface area contributed by atoms with Crippen LogP contribution in [0.15, 0.2) is 150 Å². The van der Waals surface area contributed by atoms with Crippen LogP contribution in [0.25, 0.3) is 93.1 Å². The monoisotopic (exact) mass is 572 g/mol. The first kappa shape index (κ1) is 25.3. The third-order valence-electron chi connectivity index (χ3n) is 8.88. The van der Waals surface area contributed by atoms with Gasteiger partial charge >= 0.3 is 0 Å². The van der Waals surface area contributed by atoms with Crippen molar-refractivity contribution in [2.45, 2.75) is 0 Å². The Morgan fingerprint density at radius 3 is 1.49 bits per heavy atom. The molecule has 208 valence electrons. The zero-order valence-corrected chi connectivity index (χ0v) is 24.2. The van der Waals surface area contributed by atoms with Crippen molar-refractivity contribution < 1.29 is 4.42 Å². The molecule has 0 N–H and O–H groups in total. The number of aromatic nitrogens is 1. The van der Waals surface area contributed by atoms with Crippen molar-refractivity contribution in [2.75, 3.05) is 0 Å². The number of benzene rings is 7. The lowest BCUT2D eigenvalue weighted by Crippen LogP contribution is -1.91. The molecule has 0 radical (unpaired) electrons. The molecule has 0 fully saturated rings. The summed E-state index contributed by atoms with van der Waals surface area (Å²) in [5.41, 5.74) is 10.1. The normalized spacial score (nSPS) is 11.5. The maximum atomic E-state index is 7.39. The molecule has 0 amide bonds. The van der Waals surface area contributed by atoms with Crippen LogP contribution in [-0.4, -0.2) is 4.98 Å². The van der Waals surface area contributed by atoms with E-state index in [0.29, 0.717) is 5.69 Å². The number of rotatable bonds is 3. The third-order valence-corrected chi connectivity index (χ3v) is 8.88. The summed E-state index contributed by atoms with van der Waals surface area (Å²) in [6, 6.07) is 50.4. The minimum Gasteiger partial charge on any atom is -0.455 e. The van der Waals surface area contributed by atoms with Crippen molar-refractivity contribution in [2.24, 2.45) is 0 Å². The van der Waals surface area contributed by atoms with Crippen LogP contribution in [-0.2, 0) is 0 Å². The Bertz CT molecular complexity index is 2530. The number of hydrogen-bond donors (Lipinski definition) is 0. The molecule has 0 aliphatic carbocycles. The van der Waals surface area contributed by atoms with Crippen molar-refractivity contribution in [1.29, 1.82) is 0 Å². The first-order chi connectivity index (χ1) is 22.3. The van der Waals surface area contributed by atoms with Crippen LogP contribution in [0.3, 0.4) is 0 Å². The van der Waals surface area contributed by atoms with E-state index in [1.807, 2.05) is 36.4 Å². The van der Waals surface area contributed by atoms with Crippen molar-refractivity contribution in [3.8, 4) is 44.8 Å². The Labute approximate surface area is 259 Å². The van der Waals surface area contributed by atoms with Gasteiger partial charge in [-0.3, -0.25) is 0 Å². The first-order valence-corrected chi connectivity index (χ1v) is 15.0. The maximum absolute atomic E-state index is 7.39. The van der Waals surface area contributed by atoms with Gasteiger partial charge in [-0.2, -0.15) is 0 Å². The molecule has 2 heterocycles. The van der Waals surface area contributed by atoms with Gasteiger partial charge < -0.3 is 4.42 Å². The van der Waals surface area contributed by atoms with Crippen molar-refractivity contribution in [3.05, 3.63) is 157 Å². The van der Waals surface area contributed by atoms with Crippen molar-refractivity contribution >= 4 is 49.1 Å². The molecule has 0 unspecified atom stereocenters. The van der Waals surface area contributed by atoms with E-state index in [2.05, 4.69) is 114 Å². The highest BCUT2D eigenvalue weighted by molar-refractivity contribution is 6.21. The summed E-state index contributed by atoms with van der Waals surface area (Å²) < 4.78 is 6.64. The van der Waals surface area contributed by atoms with Gasteiger partial charge in [0.25, 0.3) is 0 Å². The predicted octanol–water partition coefficient (Wildman–Crippen LogP) is 11.9. The fourth-order valence-electron chi connectivity index (χ4n) is 6.87. The van der Waals surface area contributed by atoms with E-state index in [9.17, 15) is 0 Å². The molecule has 0 saturated heterocycles. The highest BCUT2D eigenvalue weighted by Crippen LogP contribution is 2.46. The summed E-state index contributed by atoms with van der Waals surface area (Å²) >= 11 is 0. The molecular weight excluding hydrogens is 548 g/mol. The molecule has 7 aromatic rings. The van der Waals surface area contributed by atoms with Crippen LogP contribution in [0.4, 0.5) is 5.69 Å². The molecule has 0 aromatic heterocycles. The quantitative estimate of drug-likeness (QED) is 0.156. The van der Waals surface area contributed by atoms with Crippen LogP contribution in [0.1, 0.15) is 0 Å². The lowest BCUT2D eigenvalue weighted by Gasteiger charge is -2.18. The molecule has 3 nitrogen and oxygen atoms in total. The molecule has 7 aromatic carbocycles. The van der Waals surface area contributed by atoms with Crippen molar-refractivity contribution in [3.63, 3.8) is 0 Å². The second kappa shape index (κ2) is 9.91. The lowest BCUT2D eigenvalue weighted by atomic mass is 9.85. The average molecular weight is 573 g/mol. The average Bonchev–Trinajstić information content (AvgIpc) is 3.51. The number of nitrogens with zero attached hydrogens (tertiary/aromatic N) is 2. The standard InChI is InChI=1S/C42H24N2O/c1-43-29-24-22-27(23-25-29)39-32-12-4-2-10-30(32)38(31-11-3-5-13-33(31)39)26-18-20-28(21-19-26)42-40-34-14-6-8-16-36(34)44-41(40)35-15-7-9-17-37(35)45-42/h2-25H. The molecule has 0 atom stereocenters. The Hall–Kier alpha value is -6.24. The molecular formula is C42H24N2O. The summed E-state index contributed by atoms with van der Waals surface area (Å²) in [5, 5.41) is 6.87. The molecule has 0 bridgehead atoms. The van der Waals surface area contributed by atoms with Crippen molar-refractivity contribution in [1.82, 2.24) is 4.98 Å². The van der Waals surface area contributed by atoms with Crippen LogP contribution < -0.4 is 0 Å². The molecule has 9 rings (SSSR count). The molecule has 0 saturated carbocycles. The van der Waals surface area contributed by atoms with Crippen LogP contribution in [0, 0.1) is 6.57 Å². The Morgan fingerprint density at radius 2 is 0.911 bits per heavy atom. The smallest absolute Gasteiger partial charge is 0.187 e. The van der Waals surface area contributed by atoms with Gasteiger partial charge in [-0.1, -0.05) is 127 Å². The van der Waals surface area contributed by atoms with Gasteiger partial charge in [-0.25, -0.2) is 9.83 Å². The predicted molar refractivity (Wildman–Crippen MR) is 186 cm³/mol. The van der Waals surface area contributed by atoms with E-state index in [1.54, 1.807) is 0 Å². The fraction of sp³-hybridized carbons (Fsp3) is 0. The van der Waals surface area contributed by atoms with E-state index in [1.165, 1.54) is 32.7 Å². The van der Waals surface area contributed by atoms with Gasteiger partial charge in [0.05, 0.1) is 23.3 Å². The summed E-state index contributed by atoms with van der Waals surface area (Å²) in [6.07, 6.45) is 0. The lowest BCUT2D eigenvalue weighted by molar-refractivity contribution is 0.622. The van der Waals surface area contributed by atoms with E-state index < -0.39 is 0 Å².